The van der Waals surface area contributed by atoms with E-state index in [1.54, 1.807) is 30.3 Å². The maximum atomic E-state index is 11.9. The molecule has 0 amide bonds. The van der Waals surface area contributed by atoms with Crippen LogP contribution in [-0.2, 0) is 0 Å². The number of ether oxygens (including phenoxy) is 1. The molecule has 0 aliphatic heterocycles. The van der Waals surface area contributed by atoms with Crippen LogP contribution < -0.4 is 4.74 Å². The number of hydrogen-bond acceptors (Lipinski definition) is 3. The molecule has 0 N–H and O–H groups in total. The summed E-state index contributed by atoms with van der Waals surface area (Å²) in [5, 5.41) is 0.921. The normalized spacial score (nSPS) is 10.0. The van der Waals surface area contributed by atoms with Gasteiger partial charge in [0.05, 0.1) is 11.1 Å². The number of rotatable bonds is 3. The molecule has 0 atom stereocenters. The topological polar surface area (TPSA) is 43.4 Å². The third kappa shape index (κ3) is 3.34. The lowest BCUT2D eigenvalue weighted by molar-refractivity contribution is 0.0733. The Morgan fingerprint density at radius 3 is 2.26 bits per heavy atom. The molecule has 0 spiro atoms. The number of esters is 1. The fourth-order valence-electron chi connectivity index (χ4n) is 1.45. The first-order valence-corrected chi connectivity index (χ1v) is 6.08. The van der Waals surface area contributed by atoms with Crippen molar-refractivity contribution in [3.8, 4) is 5.75 Å². The summed E-state index contributed by atoms with van der Waals surface area (Å²) in [5.74, 6) is -0.401. The fraction of sp³-hybridized carbons (Fsp3) is 0. The lowest BCUT2D eigenvalue weighted by Crippen LogP contribution is -2.09. The summed E-state index contributed by atoms with van der Waals surface area (Å²) < 4.78 is 5.15. The standard InChI is InChI=1S/C14H8Cl2O3/c15-11-3-1-9(2-4-11)14(18)19-13-6-5-12(16)7-10(13)8-17/h1-8H. The molecule has 5 heteroatoms. The van der Waals surface area contributed by atoms with Crippen LogP contribution >= 0.6 is 23.2 Å². The number of aldehydes is 1. The van der Waals surface area contributed by atoms with E-state index in [1.165, 1.54) is 12.1 Å². The molecule has 0 unspecified atom stereocenters. The average molecular weight is 295 g/mol. The molecule has 0 heterocycles. The SMILES string of the molecule is O=Cc1cc(Cl)ccc1OC(=O)c1ccc(Cl)cc1. The first-order valence-electron chi connectivity index (χ1n) is 5.32. The van der Waals surface area contributed by atoms with Gasteiger partial charge in [0, 0.05) is 10.0 Å². The summed E-state index contributed by atoms with van der Waals surface area (Å²) >= 11 is 11.5. The molecule has 0 saturated heterocycles. The van der Waals surface area contributed by atoms with E-state index < -0.39 is 5.97 Å². The summed E-state index contributed by atoms with van der Waals surface area (Å²) in [7, 11) is 0. The monoisotopic (exact) mass is 294 g/mol. The fourth-order valence-corrected chi connectivity index (χ4v) is 1.76. The maximum absolute atomic E-state index is 11.9. The van der Waals surface area contributed by atoms with Gasteiger partial charge >= 0.3 is 5.97 Å². The average Bonchev–Trinajstić information content (AvgIpc) is 2.41. The minimum Gasteiger partial charge on any atom is -0.422 e. The van der Waals surface area contributed by atoms with Gasteiger partial charge in [-0.3, -0.25) is 4.79 Å². The van der Waals surface area contributed by atoms with Crippen LogP contribution in [0.5, 0.6) is 5.75 Å². The van der Waals surface area contributed by atoms with E-state index in [-0.39, 0.29) is 11.3 Å². The van der Waals surface area contributed by atoms with Gasteiger partial charge in [0.25, 0.3) is 0 Å². The highest BCUT2D eigenvalue weighted by molar-refractivity contribution is 6.31. The molecule has 0 aromatic heterocycles. The van der Waals surface area contributed by atoms with Crippen molar-refractivity contribution in [3.05, 3.63) is 63.6 Å². The van der Waals surface area contributed by atoms with E-state index >= 15 is 0 Å². The second-order valence-corrected chi connectivity index (χ2v) is 4.57. The molecule has 0 aliphatic rings. The highest BCUT2D eigenvalue weighted by Gasteiger charge is 2.11. The third-order valence-electron chi connectivity index (χ3n) is 2.38. The van der Waals surface area contributed by atoms with E-state index in [9.17, 15) is 9.59 Å². The van der Waals surface area contributed by atoms with Crippen LogP contribution in [0.2, 0.25) is 10.0 Å². The minimum atomic E-state index is -0.568. The zero-order valence-corrected chi connectivity index (χ0v) is 11.1. The van der Waals surface area contributed by atoms with Crippen molar-refractivity contribution >= 4 is 35.5 Å². The van der Waals surface area contributed by atoms with Gasteiger partial charge in [-0.2, -0.15) is 0 Å². The predicted octanol–water partition coefficient (Wildman–Crippen LogP) is 4.03. The Hall–Kier alpha value is -1.84. The largest absolute Gasteiger partial charge is 0.422 e. The summed E-state index contributed by atoms with van der Waals surface area (Å²) in [4.78, 5) is 22.7. The van der Waals surface area contributed by atoms with Gasteiger partial charge in [-0.25, -0.2) is 4.79 Å². The predicted molar refractivity (Wildman–Crippen MR) is 73.3 cm³/mol. The second-order valence-electron chi connectivity index (χ2n) is 3.70. The van der Waals surface area contributed by atoms with E-state index in [4.69, 9.17) is 27.9 Å². The van der Waals surface area contributed by atoms with Crippen molar-refractivity contribution in [2.24, 2.45) is 0 Å². The highest BCUT2D eigenvalue weighted by atomic mass is 35.5. The number of hydrogen-bond donors (Lipinski definition) is 0. The van der Waals surface area contributed by atoms with Crippen LogP contribution in [0.25, 0.3) is 0 Å². The van der Waals surface area contributed by atoms with Crippen LogP contribution in [0.3, 0.4) is 0 Å². The molecule has 0 fully saturated rings. The lowest BCUT2D eigenvalue weighted by atomic mass is 10.2. The molecule has 3 nitrogen and oxygen atoms in total. The highest BCUT2D eigenvalue weighted by Crippen LogP contribution is 2.22. The molecule has 0 saturated carbocycles. The van der Waals surface area contributed by atoms with Crippen molar-refractivity contribution in [1.29, 1.82) is 0 Å². The molecule has 96 valence electrons. The van der Waals surface area contributed by atoms with Crippen molar-refractivity contribution in [2.75, 3.05) is 0 Å². The van der Waals surface area contributed by atoms with Crippen molar-refractivity contribution in [1.82, 2.24) is 0 Å². The molecule has 2 aromatic carbocycles. The Morgan fingerprint density at radius 2 is 1.63 bits per heavy atom. The quantitative estimate of drug-likeness (QED) is 0.488. The third-order valence-corrected chi connectivity index (χ3v) is 2.87. The lowest BCUT2D eigenvalue weighted by Gasteiger charge is -2.07. The number of benzene rings is 2. The minimum absolute atomic E-state index is 0.166. The number of carbonyl (C=O) groups excluding carboxylic acids is 2. The second kappa shape index (κ2) is 5.87. The molecule has 0 radical (unpaired) electrons. The van der Waals surface area contributed by atoms with Crippen LogP contribution in [-0.4, -0.2) is 12.3 Å². The van der Waals surface area contributed by atoms with Gasteiger partial charge in [-0.15, -0.1) is 0 Å². The Kier molecular flexibility index (Phi) is 4.20. The van der Waals surface area contributed by atoms with Gasteiger partial charge in [0.15, 0.2) is 6.29 Å². The summed E-state index contributed by atoms with van der Waals surface area (Å²) in [5.41, 5.74) is 0.561. The van der Waals surface area contributed by atoms with Gasteiger partial charge in [-0.05, 0) is 42.5 Å². The Balaban J connectivity index is 2.23. The van der Waals surface area contributed by atoms with Crippen LogP contribution in [0.1, 0.15) is 20.7 Å². The molecule has 2 aromatic rings. The Morgan fingerprint density at radius 1 is 1.00 bits per heavy atom. The van der Waals surface area contributed by atoms with Gasteiger partial charge in [0.1, 0.15) is 5.75 Å². The van der Waals surface area contributed by atoms with Crippen LogP contribution in [0, 0.1) is 0 Å². The molecule has 2 rings (SSSR count). The summed E-state index contributed by atoms with van der Waals surface area (Å²) in [6.45, 7) is 0. The van der Waals surface area contributed by atoms with E-state index in [0.29, 0.717) is 21.9 Å². The van der Waals surface area contributed by atoms with Crippen molar-refractivity contribution < 1.29 is 14.3 Å². The van der Waals surface area contributed by atoms with E-state index in [0.717, 1.165) is 0 Å². The molecule has 0 aliphatic carbocycles. The first kappa shape index (κ1) is 13.6. The number of carbonyl (C=O) groups is 2. The van der Waals surface area contributed by atoms with Crippen molar-refractivity contribution in [2.45, 2.75) is 0 Å². The first-order chi connectivity index (χ1) is 9.10. The smallest absolute Gasteiger partial charge is 0.343 e. The Bertz CT molecular complexity index is 621. The van der Waals surface area contributed by atoms with Crippen LogP contribution in [0.15, 0.2) is 42.5 Å². The van der Waals surface area contributed by atoms with Crippen molar-refractivity contribution in [3.63, 3.8) is 0 Å². The number of halogens is 2. The zero-order valence-electron chi connectivity index (χ0n) is 9.60. The molecule has 0 bridgehead atoms. The van der Waals surface area contributed by atoms with Gasteiger partial charge in [-0.1, -0.05) is 23.2 Å². The van der Waals surface area contributed by atoms with Crippen LogP contribution in [0.4, 0.5) is 0 Å². The molecular weight excluding hydrogens is 287 g/mol. The van der Waals surface area contributed by atoms with E-state index in [1.807, 2.05) is 0 Å². The summed E-state index contributed by atoms with van der Waals surface area (Å²) in [6.07, 6.45) is 0.580. The molecular formula is C14H8Cl2O3. The van der Waals surface area contributed by atoms with Gasteiger partial charge < -0.3 is 4.74 Å². The van der Waals surface area contributed by atoms with E-state index in [2.05, 4.69) is 0 Å². The Labute approximate surface area is 119 Å². The maximum Gasteiger partial charge on any atom is 0.343 e. The zero-order chi connectivity index (χ0) is 13.8. The van der Waals surface area contributed by atoms with Gasteiger partial charge in [0.2, 0.25) is 0 Å². The summed E-state index contributed by atoms with van der Waals surface area (Å²) in [6, 6.07) is 10.7. The molecule has 19 heavy (non-hydrogen) atoms.